The van der Waals surface area contributed by atoms with Gasteiger partial charge in [0.05, 0.1) is 18.0 Å². The van der Waals surface area contributed by atoms with Crippen LogP contribution in [-0.2, 0) is 9.53 Å². The SMILES string of the molecule is C[C@H](NC(=O)COC(=O)c1cn(-c2ccccc2)nc1-c1ccccc1)c1ccco1. The molecule has 0 bridgehead atoms. The molecule has 4 rings (SSSR count). The Bertz CT molecular complexity index is 1150. The summed E-state index contributed by atoms with van der Waals surface area (Å²) in [4.78, 5) is 25.0. The topological polar surface area (TPSA) is 86.4 Å². The van der Waals surface area contributed by atoms with Crippen molar-refractivity contribution in [3.8, 4) is 16.9 Å². The molecule has 0 aliphatic rings. The number of aromatic nitrogens is 2. The molecule has 0 aliphatic heterocycles. The Kier molecular flexibility index (Phi) is 5.93. The molecule has 7 heteroatoms. The lowest BCUT2D eigenvalue weighted by molar-refractivity contribution is -0.125. The zero-order valence-electron chi connectivity index (χ0n) is 16.9. The zero-order valence-corrected chi connectivity index (χ0v) is 16.9. The van der Waals surface area contributed by atoms with Crippen LogP contribution >= 0.6 is 0 Å². The Hall–Kier alpha value is -4.13. The molecule has 31 heavy (non-hydrogen) atoms. The molecule has 0 radical (unpaired) electrons. The van der Waals surface area contributed by atoms with Crippen LogP contribution in [0, 0.1) is 0 Å². The molecule has 2 aromatic heterocycles. The van der Waals surface area contributed by atoms with Crippen LogP contribution in [-0.4, -0.2) is 28.3 Å². The zero-order chi connectivity index (χ0) is 21.6. The molecular formula is C24H21N3O4. The van der Waals surface area contributed by atoms with Crippen molar-refractivity contribution in [1.82, 2.24) is 15.1 Å². The number of carbonyl (C=O) groups is 2. The fourth-order valence-electron chi connectivity index (χ4n) is 3.15. The van der Waals surface area contributed by atoms with Gasteiger partial charge in [0, 0.05) is 11.8 Å². The van der Waals surface area contributed by atoms with Gasteiger partial charge in [-0.2, -0.15) is 5.10 Å². The maximum absolute atomic E-state index is 12.8. The van der Waals surface area contributed by atoms with E-state index >= 15 is 0 Å². The minimum absolute atomic E-state index is 0.280. The standard InChI is InChI=1S/C24H21N3O4/c1-17(21-13-8-14-30-21)25-22(28)16-31-24(29)20-15-27(19-11-6-3-7-12-19)26-23(20)18-9-4-2-5-10-18/h2-15,17H,16H2,1H3,(H,25,28)/t17-/m0/s1. The first kappa shape index (κ1) is 20.2. The van der Waals surface area contributed by atoms with Crippen molar-refractivity contribution in [2.75, 3.05) is 6.61 Å². The lowest BCUT2D eigenvalue weighted by atomic mass is 10.1. The minimum atomic E-state index is -0.623. The average molecular weight is 415 g/mol. The van der Waals surface area contributed by atoms with E-state index in [2.05, 4.69) is 10.4 Å². The molecule has 1 atom stereocenters. The number of para-hydroxylation sites is 1. The Balaban J connectivity index is 1.51. The summed E-state index contributed by atoms with van der Waals surface area (Å²) >= 11 is 0. The molecule has 2 aromatic carbocycles. The monoisotopic (exact) mass is 415 g/mol. The van der Waals surface area contributed by atoms with Gasteiger partial charge in [-0.25, -0.2) is 9.48 Å². The summed E-state index contributed by atoms with van der Waals surface area (Å²) in [6.07, 6.45) is 3.15. The lowest BCUT2D eigenvalue weighted by Gasteiger charge is -2.11. The maximum Gasteiger partial charge on any atom is 0.342 e. The van der Waals surface area contributed by atoms with Crippen LogP contribution in [0.3, 0.4) is 0 Å². The molecule has 0 unspecified atom stereocenters. The molecule has 0 saturated carbocycles. The number of hydrogen-bond donors (Lipinski definition) is 1. The van der Waals surface area contributed by atoms with Gasteiger partial charge in [-0.3, -0.25) is 4.79 Å². The highest BCUT2D eigenvalue weighted by molar-refractivity contribution is 5.97. The van der Waals surface area contributed by atoms with Crippen LogP contribution in [0.1, 0.15) is 29.1 Å². The lowest BCUT2D eigenvalue weighted by Crippen LogP contribution is -2.31. The third kappa shape index (κ3) is 4.72. The van der Waals surface area contributed by atoms with Gasteiger partial charge in [0.25, 0.3) is 5.91 Å². The van der Waals surface area contributed by atoms with Crippen molar-refractivity contribution in [2.45, 2.75) is 13.0 Å². The van der Waals surface area contributed by atoms with Gasteiger partial charge in [-0.15, -0.1) is 0 Å². The minimum Gasteiger partial charge on any atom is -0.467 e. The highest BCUT2D eigenvalue weighted by Gasteiger charge is 2.21. The second-order valence-corrected chi connectivity index (χ2v) is 6.92. The van der Waals surface area contributed by atoms with E-state index in [-0.39, 0.29) is 11.6 Å². The molecule has 0 spiro atoms. The van der Waals surface area contributed by atoms with E-state index in [0.717, 1.165) is 11.3 Å². The molecule has 4 aromatic rings. The molecule has 156 valence electrons. The van der Waals surface area contributed by atoms with Gasteiger partial charge >= 0.3 is 5.97 Å². The number of benzene rings is 2. The summed E-state index contributed by atoms with van der Waals surface area (Å²) in [5, 5.41) is 7.32. The van der Waals surface area contributed by atoms with Gasteiger partial charge in [0.15, 0.2) is 6.61 Å². The second-order valence-electron chi connectivity index (χ2n) is 6.92. The molecule has 1 amide bonds. The van der Waals surface area contributed by atoms with Crippen LogP contribution in [0.5, 0.6) is 0 Å². The van der Waals surface area contributed by atoms with Gasteiger partial charge in [-0.05, 0) is 31.2 Å². The molecule has 1 N–H and O–H groups in total. The Morgan fingerprint density at radius 2 is 1.74 bits per heavy atom. The Labute approximate surface area is 179 Å². The molecule has 0 saturated heterocycles. The first-order valence-electron chi connectivity index (χ1n) is 9.82. The molecule has 0 fully saturated rings. The second kappa shape index (κ2) is 9.13. The Morgan fingerprint density at radius 1 is 1.03 bits per heavy atom. The first-order valence-corrected chi connectivity index (χ1v) is 9.82. The van der Waals surface area contributed by atoms with Crippen LogP contribution < -0.4 is 5.32 Å². The van der Waals surface area contributed by atoms with Crippen molar-refractivity contribution >= 4 is 11.9 Å². The number of hydrogen-bond acceptors (Lipinski definition) is 5. The van der Waals surface area contributed by atoms with E-state index in [9.17, 15) is 9.59 Å². The van der Waals surface area contributed by atoms with Crippen LogP contribution in [0.15, 0.2) is 89.7 Å². The van der Waals surface area contributed by atoms with Crippen molar-refractivity contribution in [3.05, 3.63) is 96.6 Å². The summed E-state index contributed by atoms with van der Waals surface area (Å²) in [6, 6.07) is 22.0. The number of esters is 1. The smallest absolute Gasteiger partial charge is 0.342 e. The molecule has 7 nitrogen and oxygen atoms in total. The predicted molar refractivity (Wildman–Crippen MR) is 115 cm³/mol. The number of amides is 1. The molecule has 2 heterocycles. The van der Waals surface area contributed by atoms with Crippen LogP contribution in [0.4, 0.5) is 0 Å². The van der Waals surface area contributed by atoms with E-state index in [1.165, 1.54) is 6.26 Å². The van der Waals surface area contributed by atoms with E-state index in [4.69, 9.17) is 9.15 Å². The third-order valence-electron chi connectivity index (χ3n) is 4.68. The fraction of sp³-hybridized carbons (Fsp3) is 0.125. The summed E-state index contributed by atoms with van der Waals surface area (Å²) in [5.74, 6) is -0.425. The number of carbonyl (C=O) groups excluding carboxylic acids is 2. The van der Waals surface area contributed by atoms with E-state index in [1.807, 2.05) is 60.7 Å². The van der Waals surface area contributed by atoms with Gasteiger partial charge in [0.2, 0.25) is 0 Å². The summed E-state index contributed by atoms with van der Waals surface area (Å²) < 4.78 is 12.2. The van der Waals surface area contributed by atoms with Gasteiger partial charge < -0.3 is 14.5 Å². The average Bonchev–Trinajstić information content (AvgIpc) is 3.49. The number of nitrogens with one attached hydrogen (secondary N) is 1. The molecule has 0 aliphatic carbocycles. The van der Waals surface area contributed by atoms with E-state index in [0.29, 0.717) is 11.5 Å². The van der Waals surface area contributed by atoms with Crippen LogP contribution in [0.25, 0.3) is 16.9 Å². The third-order valence-corrected chi connectivity index (χ3v) is 4.68. The maximum atomic E-state index is 12.8. The largest absolute Gasteiger partial charge is 0.467 e. The first-order chi connectivity index (χ1) is 15.1. The Morgan fingerprint density at radius 3 is 2.42 bits per heavy atom. The van der Waals surface area contributed by atoms with Crippen molar-refractivity contribution in [3.63, 3.8) is 0 Å². The van der Waals surface area contributed by atoms with Crippen molar-refractivity contribution < 1.29 is 18.7 Å². The van der Waals surface area contributed by atoms with E-state index < -0.39 is 18.5 Å². The highest BCUT2D eigenvalue weighted by atomic mass is 16.5. The van der Waals surface area contributed by atoms with E-state index in [1.54, 1.807) is 29.9 Å². The summed E-state index contributed by atoms with van der Waals surface area (Å²) in [6.45, 7) is 1.38. The predicted octanol–water partition coefficient (Wildman–Crippen LogP) is 4.17. The van der Waals surface area contributed by atoms with Gasteiger partial charge in [-0.1, -0.05) is 48.5 Å². The number of ether oxygens (including phenoxy) is 1. The normalized spacial score (nSPS) is 11.6. The number of nitrogens with zero attached hydrogens (tertiary/aromatic N) is 2. The number of rotatable bonds is 7. The number of furan rings is 1. The molecular weight excluding hydrogens is 394 g/mol. The highest BCUT2D eigenvalue weighted by Crippen LogP contribution is 2.24. The van der Waals surface area contributed by atoms with Crippen molar-refractivity contribution in [2.24, 2.45) is 0 Å². The summed E-state index contributed by atoms with van der Waals surface area (Å²) in [5.41, 5.74) is 2.35. The van der Waals surface area contributed by atoms with Gasteiger partial charge in [0.1, 0.15) is 17.0 Å². The van der Waals surface area contributed by atoms with Crippen LogP contribution in [0.2, 0.25) is 0 Å². The fourth-order valence-corrected chi connectivity index (χ4v) is 3.15. The van der Waals surface area contributed by atoms with Crippen molar-refractivity contribution in [1.29, 1.82) is 0 Å². The summed E-state index contributed by atoms with van der Waals surface area (Å²) in [7, 11) is 0. The quantitative estimate of drug-likeness (QED) is 0.458.